The second-order valence-electron chi connectivity index (χ2n) is 6.26. The van der Waals surface area contributed by atoms with E-state index in [4.69, 9.17) is 4.74 Å². The van der Waals surface area contributed by atoms with Crippen LogP contribution in [0, 0.1) is 5.92 Å². The summed E-state index contributed by atoms with van der Waals surface area (Å²) in [7, 11) is 0. The normalized spacial score (nSPS) is 11.9. The van der Waals surface area contributed by atoms with E-state index in [0.717, 1.165) is 30.0 Å². The molecule has 1 aromatic heterocycles. The molecular formula is C20H28N2O2S. The molecule has 2 rings (SSSR count). The number of alkyl carbamates (subject to hydrolysis) is 1. The molecule has 1 heterocycles. The van der Waals surface area contributed by atoms with Gasteiger partial charge in [0, 0.05) is 11.8 Å². The molecule has 4 nitrogen and oxygen atoms in total. The van der Waals surface area contributed by atoms with Crippen LogP contribution in [0.3, 0.4) is 0 Å². The first kappa shape index (κ1) is 19.4. The molecule has 25 heavy (non-hydrogen) atoms. The van der Waals surface area contributed by atoms with E-state index in [2.05, 4.69) is 36.3 Å². The van der Waals surface area contributed by atoms with Crippen LogP contribution in [0.25, 0.3) is 0 Å². The Morgan fingerprint density at radius 3 is 2.80 bits per heavy atom. The molecule has 0 saturated heterocycles. The van der Waals surface area contributed by atoms with Gasteiger partial charge >= 0.3 is 6.09 Å². The number of benzene rings is 1. The summed E-state index contributed by atoms with van der Waals surface area (Å²) in [6.07, 6.45) is 5.00. The van der Waals surface area contributed by atoms with Crippen molar-refractivity contribution >= 4 is 17.4 Å². The summed E-state index contributed by atoms with van der Waals surface area (Å²) in [4.78, 5) is 16.4. The van der Waals surface area contributed by atoms with Crippen molar-refractivity contribution in [1.29, 1.82) is 0 Å². The Morgan fingerprint density at radius 1 is 1.28 bits per heavy atom. The number of hydrogen-bond acceptors (Lipinski definition) is 4. The van der Waals surface area contributed by atoms with Crippen molar-refractivity contribution < 1.29 is 9.53 Å². The molecule has 0 aliphatic rings. The third-order valence-corrected chi connectivity index (χ3v) is 5.10. The minimum absolute atomic E-state index is 0.354. The molecule has 0 aliphatic carbocycles. The highest BCUT2D eigenvalue weighted by atomic mass is 32.1. The number of unbranched alkanes of at least 4 members (excludes halogenated alkanes) is 1. The second-order valence-corrected chi connectivity index (χ2v) is 7.21. The van der Waals surface area contributed by atoms with E-state index >= 15 is 0 Å². The molecular weight excluding hydrogens is 332 g/mol. The highest BCUT2D eigenvalue weighted by Gasteiger charge is 2.10. The lowest BCUT2D eigenvalue weighted by atomic mass is 10.0. The Morgan fingerprint density at radius 2 is 2.08 bits per heavy atom. The zero-order valence-electron chi connectivity index (χ0n) is 15.2. The number of ether oxygens (including phenoxy) is 1. The lowest BCUT2D eigenvalue weighted by Gasteiger charge is -2.14. The fraction of sp³-hybridized carbons (Fsp3) is 0.500. The minimum Gasteiger partial charge on any atom is -0.449 e. The third kappa shape index (κ3) is 7.26. The summed E-state index contributed by atoms with van der Waals surface area (Å²) in [6.45, 7) is 5.24. The summed E-state index contributed by atoms with van der Waals surface area (Å²) in [5, 5.41) is 5.85. The minimum atomic E-state index is -0.354. The molecule has 0 spiro atoms. The van der Waals surface area contributed by atoms with E-state index in [1.807, 2.05) is 23.6 Å². The molecule has 1 aromatic carbocycles. The number of nitrogens with one attached hydrogen (secondary N) is 1. The van der Waals surface area contributed by atoms with Crippen LogP contribution in [0.5, 0.6) is 0 Å². The van der Waals surface area contributed by atoms with Crippen molar-refractivity contribution in [1.82, 2.24) is 10.3 Å². The molecule has 0 aliphatic heterocycles. The van der Waals surface area contributed by atoms with Crippen LogP contribution in [0.4, 0.5) is 4.79 Å². The number of hydrogen-bond donors (Lipinski definition) is 1. The highest BCUT2D eigenvalue weighted by Crippen LogP contribution is 2.15. The summed E-state index contributed by atoms with van der Waals surface area (Å²) < 4.78 is 5.34. The number of carbonyl (C=O) groups excluding carboxylic acids is 1. The van der Waals surface area contributed by atoms with Gasteiger partial charge in [-0.1, -0.05) is 63.4 Å². The molecule has 0 saturated carbocycles. The van der Waals surface area contributed by atoms with Crippen LogP contribution in [0.1, 0.15) is 55.8 Å². The van der Waals surface area contributed by atoms with Gasteiger partial charge in [-0.25, -0.2) is 9.78 Å². The van der Waals surface area contributed by atoms with Crippen LogP contribution in [-0.4, -0.2) is 17.7 Å². The first-order valence-corrected chi connectivity index (χ1v) is 9.97. The van der Waals surface area contributed by atoms with Gasteiger partial charge < -0.3 is 10.1 Å². The van der Waals surface area contributed by atoms with E-state index in [0.29, 0.717) is 19.1 Å². The quantitative estimate of drug-likeness (QED) is 0.635. The number of amides is 1. The Kier molecular flexibility index (Phi) is 8.46. The Balaban J connectivity index is 1.71. The number of thiazole rings is 1. The number of rotatable bonds is 10. The topological polar surface area (TPSA) is 51.2 Å². The SMILES string of the molecule is CCCCC(CC)COC(=O)NCc1csc(Cc2ccccc2)n1. The average Bonchev–Trinajstić information content (AvgIpc) is 3.08. The van der Waals surface area contributed by atoms with Crippen LogP contribution >= 0.6 is 11.3 Å². The molecule has 136 valence electrons. The van der Waals surface area contributed by atoms with Crippen LogP contribution in [-0.2, 0) is 17.7 Å². The fourth-order valence-corrected chi connectivity index (χ4v) is 3.42. The van der Waals surface area contributed by atoms with Crippen molar-refractivity contribution in [3.63, 3.8) is 0 Å². The largest absolute Gasteiger partial charge is 0.449 e. The standard InChI is InChI=1S/C20H28N2O2S/c1-3-5-9-16(4-2)14-24-20(23)21-13-18-15-25-19(22-18)12-17-10-7-6-8-11-17/h6-8,10-11,15-16H,3-5,9,12-14H2,1-2H3,(H,21,23). The molecule has 1 amide bonds. The van der Waals surface area contributed by atoms with Gasteiger partial charge in [-0.15, -0.1) is 11.3 Å². The van der Waals surface area contributed by atoms with Crippen molar-refractivity contribution in [2.45, 2.75) is 52.5 Å². The zero-order valence-corrected chi connectivity index (χ0v) is 16.0. The summed E-state index contributed by atoms with van der Waals surface area (Å²) in [6, 6.07) is 10.3. The van der Waals surface area contributed by atoms with Gasteiger partial charge in [-0.3, -0.25) is 0 Å². The lowest BCUT2D eigenvalue weighted by molar-refractivity contribution is 0.122. The van der Waals surface area contributed by atoms with E-state index in [1.165, 1.54) is 18.4 Å². The summed E-state index contributed by atoms with van der Waals surface area (Å²) >= 11 is 1.62. The first-order valence-electron chi connectivity index (χ1n) is 9.09. The number of aromatic nitrogens is 1. The lowest BCUT2D eigenvalue weighted by Crippen LogP contribution is -2.26. The molecule has 1 N–H and O–H groups in total. The van der Waals surface area contributed by atoms with Crippen LogP contribution < -0.4 is 5.32 Å². The van der Waals surface area contributed by atoms with Crippen molar-refractivity contribution in [2.24, 2.45) is 5.92 Å². The molecule has 0 radical (unpaired) electrons. The monoisotopic (exact) mass is 360 g/mol. The third-order valence-electron chi connectivity index (χ3n) is 4.20. The number of nitrogens with zero attached hydrogens (tertiary/aromatic N) is 1. The van der Waals surface area contributed by atoms with Crippen LogP contribution in [0.2, 0.25) is 0 Å². The Labute approximate surface area is 154 Å². The first-order chi connectivity index (χ1) is 12.2. The van der Waals surface area contributed by atoms with E-state index in [-0.39, 0.29) is 6.09 Å². The average molecular weight is 361 g/mol. The molecule has 1 atom stereocenters. The van der Waals surface area contributed by atoms with Gasteiger partial charge in [-0.05, 0) is 17.9 Å². The maximum atomic E-state index is 11.9. The number of carbonyl (C=O) groups is 1. The van der Waals surface area contributed by atoms with Gasteiger partial charge in [0.05, 0.1) is 23.9 Å². The molecule has 2 aromatic rings. The van der Waals surface area contributed by atoms with E-state index in [1.54, 1.807) is 11.3 Å². The van der Waals surface area contributed by atoms with Gasteiger partial charge in [-0.2, -0.15) is 0 Å². The fourth-order valence-electron chi connectivity index (χ4n) is 2.59. The Bertz CT molecular complexity index is 628. The second kappa shape index (κ2) is 10.9. The zero-order chi connectivity index (χ0) is 17.9. The van der Waals surface area contributed by atoms with Crippen molar-refractivity contribution in [3.8, 4) is 0 Å². The predicted octanol–water partition coefficient (Wildman–Crippen LogP) is 5.18. The molecule has 0 bridgehead atoms. The maximum absolute atomic E-state index is 11.9. The summed E-state index contributed by atoms with van der Waals surface area (Å²) in [5.74, 6) is 0.461. The van der Waals surface area contributed by atoms with E-state index < -0.39 is 0 Å². The smallest absolute Gasteiger partial charge is 0.407 e. The maximum Gasteiger partial charge on any atom is 0.407 e. The van der Waals surface area contributed by atoms with Gasteiger partial charge in [0.1, 0.15) is 0 Å². The van der Waals surface area contributed by atoms with Gasteiger partial charge in [0.25, 0.3) is 0 Å². The molecule has 5 heteroatoms. The van der Waals surface area contributed by atoms with Gasteiger partial charge in [0.2, 0.25) is 0 Å². The molecule has 0 fully saturated rings. The highest BCUT2D eigenvalue weighted by molar-refractivity contribution is 7.09. The van der Waals surface area contributed by atoms with Crippen molar-refractivity contribution in [2.75, 3.05) is 6.61 Å². The summed E-state index contributed by atoms with van der Waals surface area (Å²) in [5.41, 5.74) is 2.12. The van der Waals surface area contributed by atoms with E-state index in [9.17, 15) is 4.79 Å². The molecule has 1 unspecified atom stereocenters. The Hall–Kier alpha value is -1.88. The van der Waals surface area contributed by atoms with Crippen molar-refractivity contribution in [3.05, 3.63) is 52.0 Å². The van der Waals surface area contributed by atoms with Crippen LogP contribution in [0.15, 0.2) is 35.7 Å². The predicted molar refractivity (Wildman–Crippen MR) is 103 cm³/mol. The van der Waals surface area contributed by atoms with Gasteiger partial charge in [0.15, 0.2) is 0 Å².